The van der Waals surface area contributed by atoms with Gasteiger partial charge < -0.3 is 10.0 Å². The lowest BCUT2D eigenvalue weighted by molar-refractivity contribution is -0.133. The molecule has 1 aromatic rings. The summed E-state index contributed by atoms with van der Waals surface area (Å²) in [6, 6.07) is 9.93. The van der Waals surface area contributed by atoms with E-state index in [2.05, 4.69) is 0 Å². The minimum absolute atomic E-state index is 0.142. The van der Waals surface area contributed by atoms with E-state index < -0.39 is 11.5 Å². The Hall–Kier alpha value is -1.35. The lowest BCUT2D eigenvalue weighted by Gasteiger charge is -2.15. The zero-order valence-electron chi connectivity index (χ0n) is 9.10. The molecular weight excluding hydrogens is 202 g/mol. The van der Waals surface area contributed by atoms with Crippen LogP contribution in [0, 0.1) is 5.41 Å². The van der Waals surface area contributed by atoms with Crippen molar-refractivity contribution in [1.82, 2.24) is 4.90 Å². The number of amides is 1. The maximum absolute atomic E-state index is 12.1. The van der Waals surface area contributed by atoms with E-state index in [0.29, 0.717) is 13.1 Å². The molecular formula is C13H15NO2. The summed E-state index contributed by atoms with van der Waals surface area (Å²) in [6.45, 7) is 1.12. The van der Waals surface area contributed by atoms with E-state index in [1.54, 1.807) is 4.90 Å². The molecule has 1 aliphatic carbocycles. The van der Waals surface area contributed by atoms with Crippen LogP contribution >= 0.6 is 0 Å². The van der Waals surface area contributed by atoms with Crippen LogP contribution in [0.3, 0.4) is 0 Å². The predicted molar refractivity (Wildman–Crippen MR) is 59.5 cm³/mol. The number of β-amino-alcohol motifs (C(OH)–C–C–N with tert-alkyl or cyclic N) is 1. The summed E-state index contributed by atoms with van der Waals surface area (Å²) in [4.78, 5) is 13.9. The van der Waals surface area contributed by atoms with E-state index in [-0.39, 0.29) is 5.91 Å². The van der Waals surface area contributed by atoms with Gasteiger partial charge in [0.2, 0.25) is 5.91 Å². The van der Waals surface area contributed by atoms with Crippen LogP contribution in [0.25, 0.3) is 0 Å². The third kappa shape index (κ3) is 1.35. The summed E-state index contributed by atoms with van der Waals surface area (Å²) in [5.74, 6) is 0.142. The predicted octanol–water partition coefficient (Wildman–Crippen LogP) is 1.17. The molecule has 84 valence electrons. The average molecular weight is 217 g/mol. The molecule has 1 heterocycles. The van der Waals surface area contributed by atoms with Crippen molar-refractivity contribution in [2.75, 3.05) is 6.54 Å². The van der Waals surface area contributed by atoms with Crippen LogP contribution in [0.2, 0.25) is 0 Å². The lowest BCUT2D eigenvalue weighted by atomic mass is 10.0. The van der Waals surface area contributed by atoms with Gasteiger partial charge in [-0.25, -0.2) is 0 Å². The van der Waals surface area contributed by atoms with Gasteiger partial charge in [0.1, 0.15) is 0 Å². The first kappa shape index (κ1) is 9.85. The molecule has 3 heteroatoms. The van der Waals surface area contributed by atoms with Gasteiger partial charge in [0.05, 0.1) is 11.5 Å². The van der Waals surface area contributed by atoms with Crippen molar-refractivity contribution in [3.63, 3.8) is 0 Å². The second kappa shape index (κ2) is 3.32. The average Bonchev–Trinajstić information content (AvgIpc) is 3.06. The van der Waals surface area contributed by atoms with Gasteiger partial charge in [-0.1, -0.05) is 30.3 Å². The number of carbonyl (C=O) groups is 1. The van der Waals surface area contributed by atoms with Crippen LogP contribution in [0.15, 0.2) is 30.3 Å². The van der Waals surface area contributed by atoms with Crippen LogP contribution in [0.1, 0.15) is 18.4 Å². The second-order valence-electron chi connectivity index (χ2n) is 4.84. The molecule has 1 aliphatic heterocycles. The quantitative estimate of drug-likeness (QED) is 0.807. The van der Waals surface area contributed by atoms with Crippen molar-refractivity contribution in [2.45, 2.75) is 25.5 Å². The van der Waals surface area contributed by atoms with E-state index in [9.17, 15) is 9.90 Å². The van der Waals surface area contributed by atoms with Gasteiger partial charge in [0, 0.05) is 13.1 Å². The molecule has 1 atom stereocenters. The molecule has 1 N–H and O–H groups in total. The van der Waals surface area contributed by atoms with Gasteiger partial charge in [0.15, 0.2) is 0 Å². The van der Waals surface area contributed by atoms with Gasteiger partial charge in [-0.05, 0) is 18.4 Å². The molecule has 1 aromatic carbocycles. The fraction of sp³-hybridized carbons (Fsp3) is 0.462. The zero-order chi connectivity index (χ0) is 11.2. The third-order valence-electron chi connectivity index (χ3n) is 3.75. The van der Waals surface area contributed by atoms with Gasteiger partial charge in [-0.15, -0.1) is 0 Å². The van der Waals surface area contributed by atoms with Crippen molar-refractivity contribution < 1.29 is 9.90 Å². The largest absolute Gasteiger partial charge is 0.390 e. The number of likely N-dealkylation sites (tertiary alicyclic amines) is 1. The maximum Gasteiger partial charge on any atom is 0.231 e. The third-order valence-corrected chi connectivity index (χ3v) is 3.75. The first-order chi connectivity index (χ1) is 7.72. The second-order valence-corrected chi connectivity index (χ2v) is 4.84. The fourth-order valence-electron chi connectivity index (χ4n) is 2.55. The maximum atomic E-state index is 12.1. The normalized spacial score (nSPS) is 26.4. The number of carbonyl (C=O) groups excluding carboxylic acids is 1. The lowest BCUT2D eigenvalue weighted by Crippen LogP contribution is -2.27. The molecule has 1 saturated heterocycles. The topological polar surface area (TPSA) is 40.5 Å². The summed E-state index contributed by atoms with van der Waals surface area (Å²) >= 11 is 0. The Morgan fingerprint density at radius 1 is 1.31 bits per heavy atom. The summed E-state index contributed by atoms with van der Waals surface area (Å²) < 4.78 is 0. The van der Waals surface area contributed by atoms with Gasteiger partial charge in [0.25, 0.3) is 0 Å². The number of aliphatic hydroxyl groups is 1. The Kier molecular flexibility index (Phi) is 2.04. The summed E-state index contributed by atoms with van der Waals surface area (Å²) in [7, 11) is 0. The number of nitrogens with zero attached hydrogens (tertiary/aromatic N) is 1. The van der Waals surface area contributed by atoms with E-state index in [1.165, 1.54) is 0 Å². The van der Waals surface area contributed by atoms with Gasteiger partial charge in [-0.3, -0.25) is 4.79 Å². The van der Waals surface area contributed by atoms with Crippen molar-refractivity contribution in [3.8, 4) is 0 Å². The van der Waals surface area contributed by atoms with Gasteiger partial charge >= 0.3 is 0 Å². The van der Waals surface area contributed by atoms with E-state index in [0.717, 1.165) is 18.4 Å². The summed E-state index contributed by atoms with van der Waals surface area (Å²) in [5, 5.41) is 9.88. The summed E-state index contributed by atoms with van der Waals surface area (Å²) in [5.41, 5.74) is 0.732. The first-order valence-corrected chi connectivity index (χ1v) is 5.74. The smallest absolute Gasteiger partial charge is 0.231 e. The highest BCUT2D eigenvalue weighted by Gasteiger charge is 2.61. The van der Waals surface area contributed by atoms with Crippen molar-refractivity contribution in [2.24, 2.45) is 5.41 Å². The Balaban J connectivity index is 1.76. The van der Waals surface area contributed by atoms with Crippen LogP contribution in [-0.4, -0.2) is 28.6 Å². The molecule has 1 spiro atoms. The highest BCUT2D eigenvalue weighted by Crippen LogP contribution is 2.53. The number of aliphatic hydroxyl groups excluding tert-OH is 1. The molecule has 16 heavy (non-hydrogen) atoms. The molecule has 2 fully saturated rings. The van der Waals surface area contributed by atoms with Crippen LogP contribution in [-0.2, 0) is 11.3 Å². The molecule has 2 aliphatic rings. The molecule has 1 amide bonds. The Morgan fingerprint density at radius 3 is 2.56 bits per heavy atom. The van der Waals surface area contributed by atoms with E-state index in [1.807, 2.05) is 30.3 Å². The first-order valence-electron chi connectivity index (χ1n) is 5.74. The zero-order valence-corrected chi connectivity index (χ0v) is 9.10. The van der Waals surface area contributed by atoms with Crippen LogP contribution < -0.4 is 0 Å². The molecule has 0 unspecified atom stereocenters. The van der Waals surface area contributed by atoms with Crippen molar-refractivity contribution >= 4 is 5.91 Å². The molecule has 3 rings (SSSR count). The monoisotopic (exact) mass is 217 g/mol. The molecule has 0 bridgehead atoms. The minimum atomic E-state index is -0.455. The van der Waals surface area contributed by atoms with E-state index >= 15 is 0 Å². The Labute approximate surface area is 94.7 Å². The standard InChI is InChI=1S/C13H15NO2/c15-11-9-14(12(16)13(11)6-7-13)8-10-4-2-1-3-5-10/h1-5,11,15H,6-9H2/t11-/m1/s1. The van der Waals surface area contributed by atoms with Crippen molar-refractivity contribution in [1.29, 1.82) is 0 Å². The van der Waals surface area contributed by atoms with Crippen LogP contribution in [0.5, 0.6) is 0 Å². The SMILES string of the molecule is O=C1N(Cc2ccccc2)C[C@@H](O)C12CC2. The number of hydrogen-bond acceptors (Lipinski definition) is 2. The molecule has 0 radical (unpaired) electrons. The number of hydrogen-bond donors (Lipinski definition) is 1. The van der Waals surface area contributed by atoms with Crippen LogP contribution in [0.4, 0.5) is 0 Å². The number of rotatable bonds is 2. The highest BCUT2D eigenvalue weighted by molar-refractivity contribution is 5.88. The van der Waals surface area contributed by atoms with Crippen molar-refractivity contribution in [3.05, 3.63) is 35.9 Å². The fourth-order valence-corrected chi connectivity index (χ4v) is 2.55. The summed E-state index contributed by atoms with van der Waals surface area (Å²) in [6.07, 6.45) is 1.26. The number of benzene rings is 1. The molecule has 3 nitrogen and oxygen atoms in total. The Bertz CT molecular complexity index is 411. The van der Waals surface area contributed by atoms with Gasteiger partial charge in [-0.2, -0.15) is 0 Å². The Morgan fingerprint density at radius 2 is 2.00 bits per heavy atom. The van der Waals surface area contributed by atoms with E-state index in [4.69, 9.17) is 0 Å². The molecule has 1 saturated carbocycles. The molecule has 0 aromatic heterocycles. The minimum Gasteiger partial charge on any atom is -0.390 e. The highest BCUT2D eigenvalue weighted by atomic mass is 16.3.